The Morgan fingerprint density at radius 1 is 1.21 bits per heavy atom. The van der Waals surface area contributed by atoms with E-state index in [1.54, 1.807) is 0 Å². The Morgan fingerprint density at radius 2 is 2.00 bits per heavy atom. The lowest BCUT2D eigenvalue weighted by atomic mass is 9.79. The van der Waals surface area contributed by atoms with E-state index in [1.807, 2.05) is 0 Å². The van der Waals surface area contributed by atoms with Crippen molar-refractivity contribution in [2.75, 3.05) is 33.2 Å². The third kappa shape index (κ3) is 4.17. The van der Waals surface area contributed by atoms with Gasteiger partial charge in [0, 0.05) is 25.2 Å². The van der Waals surface area contributed by atoms with Gasteiger partial charge in [0.2, 0.25) is 0 Å². The fraction of sp³-hybridized carbons (Fsp3) is 1.00. The Hall–Kier alpha value is -0.120. The van der Waals surface area contributed by atoms with Crippen LogP contribution in [0.2, 0.25) is 0 Å². The standard InChI is InChI=1S/C16H33N3/c1-4-15-12-18(3)8-5-9-19(15)11-14-10-13(2)6-7-16(14)17/h13-16H,4-12,17H2,1-3H3. The molecule has 1 aliphatic heterocycles. The van der Waals surface area contributed by atoms with Crippen LogP contribution in [0.5, 0.6) is 0 Å². The first kappa shape index (κ1) is 15.3. The molecule has 2 fully saturated rings. The second-order valence-corrected chi connectivity index (χ2v) is 7.01. The minimum Gasteiger partial charge on any atom is -0.327 e. The molecule has 3 nitrogen and oxygen atoms in total. The summed E-state index contributed by atoms with van der Waals surface area (Å²) in [4.78, 5) is 5.24. The molecule has 112 valence electrons. The Kier molecular flexibility index (Phi) is 5.67. The van der Waals surface area contributed by atoms with Crippen molar-refractivity contribution in [3.8, 4) is 0 Å². The summed E-state index contributed by atoms with van der Waals surface area (Å²) in [5.74, 6) is 1.60. The number of rotatable bonds is 3. The van der Waals surface area contributed by atoms with Crippen molar-refractivity contribution in [1.29, 1.82) is 0 Å². The SMILES string of the molecule is CCC1CN(C)CCCN1CC1CC(C)CCC1N. The first-order valence-corrected chi connectivity index (χ1v) is 8.28. The molecule has 0 aromatic heterocycles. The molecule has 2 rings (SSSR count). The molecule has 0 bridgehead atoms. The average molecular weight is 267 g/mol. The monoisotopic (exact) mass is 267 g/mol. The van der Waals surface area contributed by atoms with Crippen molar-refractivity contribution in [1.82, 2.24) is 9.80 Å². The molecule has 4 unspecified atom stereocenters. The maximum absolute atomic E-state index is 6.37. The number of nitrogens with zero attached hydrogens (tertiary/aromatic N) is 2. The van der Waals surface area contributed by atoms with Crippen molar-refractivity contribution in [3.05, 3.63) is 0 Å². The second kappa shape index (κ2) is 7.05. The van der Waals surface area contributed by atoms with E-state index in [1.165, 1.54) is 58.3 Å². The van der Waals surface area contributed by atoms with Gasteiger partial charge < -0.3 is 10.6 Å². The molecule has 3 heteroatoms. The van der Waals surface area contributed by atoms with Gasteiger partial charge in [0.05, 0.1) is 0 Å². The second-order valence-electron chi connectivity index (χ2n) is 7.01. The van der Waals surface area contributed by atoms with Crippen LogP contribution in [0, 0.1) is 11.8 Å². The molecule has 4 atom stereocenters. The van der Waals surface area contributed by atoms with Crippen LogP contribution in [0.3, 0.4) is 0 Å². The lowest BCUT2D eigenvalue weighted by molar-refractivity contribution is 0.121. The molecular weight excluding hydrogens is 234 g/mol. The van der Waals surface area contributed by atoms with Crippen LogP contribution < -0.4 is 5.73 Å². The highest BCUT2D eigenvalue weighted by Gasteiger charge is 2.30. The van der Waals surface area contributed by atoms with Crippen molar-refractivity contribution in [3.63, 3.8) is 0 Å². The zero-order valence-corrected chi connectivity index (χ0v) is 13.1. The summed E-state index contributed by atoms with van der Waals surface area (Å²) < 4.78 is 0. The Morgan fingerprint density at radius 3 is 2.74 bits per heavy atom. The van der Waals surface area contributed by atoms with Gasteiger partial charge in [-0.1, -0.05) is 13.8 Å². The molecule has 19 heavy (non-hydrogen) atoms. The normalized spacial score (nSPS) is 39.2. The predicted molar refractivity (Wildman–Crippen MR) is 82.2 cm³/mol. The molecule has 0 aromatic rings. The van der Waals surface area contributed by atoms with Gasteiger partial charge in [-0.3, -0.25) is 4.90 Å². The molecule has 2 N–H and O–H groups in total. The fourth-order valence-electron chi connectivity index (χ4n) is 3.95. The van der Waals surface area contributed by atoms with Crippen LogP contribution in [0.25, 0.3) is 0 Å². The summed E-state index contributed by atoms with van der Waals surface area (Å²) in [5, 5.41) is 0. The van der Waals surface area contributed by atoms with Gasteiger partial charge >= 0.3 is 0 Å². The van der Waals surface area contributed by atoms with E-state index in [-0.39, 0.29) is 0 Å². The van der Waals surface area contributed by atoms with Gasteiger partial charge in [0.25, 0.3) is 0 Å². The zero-order chi connectivity index (χ0) is 13.8. The largest absolute Gasteiger partial charge is 0.327 e. The van der Waals surface area contributed by atoms with Gasteiger partial charge in [-0.15, -0.1) is 0 Å². The smallest absolute Gasteiger partial charge is 0.0220 e. The van der Waals surface area contributed by atoms with Crippen molar-refractivity contribution in [2.45, 2.75) is 58.0 Å². The molecule has 0 amide bonds. The molecule has 1 saturated heterocycles. The fourth-order valence-corrected chi connectivity index (χ4v) is 3.95. The third-order valence-electron chi connectivity index (χ3n) is 5.27. The summed E-state index contributed by atoms with van der Waals surface area (Å²) in [7, 11) is 2.26. The maximum Gasteiger partial charge on any atom is 0.0220 e. The number of nitrogens with two attached hydrogens (primary N) is 1. The van der Waals surface area contributed by atoms with Gasteiger partial charge in [-0.2, -0.15) is 0 Å². The van der Waals surface area contributed by atoms with Crippen LogP contribution in [0.1, 0.15) is 46.0 Å². The van der Waals surface area contributed by atoms with E-state index >= 15 is 0 Å². The zero-order valence-electron chi connectivity index (χ0n) is 13.1. The summed E-state index contributed by atoms with van der Waals surface area (Å²) in [5.41, 5.74) is 6.37. The highest BCUT2D eigenvalue weighted by Crippen LogP contribution is 2.29. The minimum atomic E-state index is 0.440. The Balaban J connectivity index is 1.94. The van der Waals surface area contributed by atoms with Gasteiger partial charge in [-0.25, -0.2) is 0 Å². The lowest BCUT2D eigenvalue weighted by Crippen LogP contribution is -2.47. The van der Waals surface area contributed by atoms with E-state index in [4.69, 9.17) is 5.73 Å². The molecule has 1 aliphatic carbocycles. The van der Waals surface area contributed by atoms with E-state index < -0.39 is 0 Å². The summed E-state index contributed by atoms with van der Waals surface area (Å²) in [6.45, 7) is 9.71. The van der Waals surface area contributed by atoms with Crippen molar-refractivity contribution < 1.29 is 0 Å². The summed E-state index contributed by atoms with van der Waals surface area (Å²) in [6.07, 6.45) is 6.48. The van der Waals surface area contributed by atoms with E-state index in [0.29, 0.717) is 6.04 Å². The number of hydrogen-bond donors (Lipinski definition) is 1. The molecule has 0 spiro atoms. The third-order valence-corrected chi connectivity index (χ3v) is 5.27. The molecule has 2 aliphatic rings. The quantitative estimate of drug-likeness (QED) is 0.850. The topological polar surface area (TPSA) is 32.5 Å². The average Bonchev–Trinajstić information content (AvgIpc) is 2.55. The van der Waals surface area contributed by atoms with Crippen molar-refractivity contribution >= 4 is 0 Å². The first-order chi connectivity index (χ1) is 9.10. The molecule has 0 aromatic carbocycles. The van der Waals surface area contributed by atoms with Crippen LogP contribution in [-0.4, -0.2) is 55.1 Å². The number of likely N-dealkylation sites (N-methyl/N-ethyl adjacent to an activating group) is 1. The molecule has 0 radical (unpaired) electrons. The van der Waals surface area contributed by atoms with Crippen LogP contribution in [0.4, 0.5) is 0 Å². The summed E-state index contributed by atoms with van der Waals surface area (Å²) >= 11 is 0. The lowest BCUT2D eigenvalue weighted by Gasteiger charge is -2.38. The molecule has 1 saturated carbocycles. The van der Waals surface area contributed by atoms with Crippen LogP contribution in [0.15, 0.2) is 0 Å². The van der Waals surface area contributed by atoms with Gasteiger partial charge in [-0.05, 0) is 64.1 Å². The highest BCUT2D eigenvalue weighted by molar-refractivity contribution is 4.86. The van der Waals surface area contributed by atoms with Gasteiger partial charge in [0.15, 0.2) is 0 Å². The van der Waals surface area contributed by atoms with E-state index in [9.17, 15) is 0 Å². The van der Waals surface area contributed by atoms with Crippen molar-refractivity contribution in [2.24, 2.45) is 17.6 Å². The van der Waals surface area contributed by atoms with Crippen LogP contribution in [-0.2, 0) is 0 Å². The van der Waals surface area contributed by atoms with E-state index in [2.05, 4.69) is 30.7 Å². The molecular formula is C16H33N3. The highest BCUT2D eigenvalue weighted by atomic mass is 15.2. The Labute approximate surface area is 119 Å². The van der Waals surface area contributed by atoms with E-state index in [0.717, 1.165) is 17.9 Å². The predicted octanol–water partition coefficient (Wildman–Crippen LogP) is 2.17. The first-order valence-electron chi connectivity index (χ1n) is 8.28. The Bertz CT molecular complexity index is 269. The summed E-state index contributed by atoms with van der Waals surface area (Å²) in [6, 6.07) is 1.17. The molecule has 1 heterocycles. The number of hydrogen-bond acceptors (Lipinski definition) is 3. The minimum absolute atomic E-state index is 0.440. The van der Waals surface area contributed by atoms with Gasteiger partial charge in [0.1, 0.15) is 0 Å². The maximum atomic E-state index is 6.37. The van der Waals surface area contributed by atoms with Crippen LogP contribution >= 0.6 is 0 Å².